The number of hydrogen-bond donors (Lipinski definition) is 2. The fourth-order valence-corrected chi connectivity index (χ4v) is 1.41. The minimum atomic E-state index is -0.458. The van der Waals surface area contributed by atoms with Crippen molar-refractivity contribution < 1.29 is 5.11 Å². The highest BCUT2D eigenvalue weighted by Crippen LogP contribution is 2.26. The number of halogens is 1. The Hall–Kier alpha value is -0.570. The third-order valence-corrected chi connectivity index (χ3v) is 2.77. The average Bonchev–Trinajstić information content (AvgIpc) is 2.17. The molecule has 3 N–H and O–H groups in total. The molecule has 0 spiro atoms. The highest BCUT2D eigenvalue weighted by Gasteiger charge is 2.23. The standard InChI is InChI=1S/C13H21NO.ClH/c1-13(2,3)12(14)9-11(15)10-7-5-4-6-8-10;/h4-8,11-12,15H,9,14H2,1-3H3;1H/t11-,12+;/m1./s1. The van der Waals surface area contributed by atoms with Crippen molar-refractivity contribution in [2.75, 3.05) is 0 Å². The largest absolute Gasteiger partial charge is 0.388 e. The average molecular weight is 244 g/mol. The molecule has 0 radical (unpaired) electrons. The molecule has 92 valence electrons. The molecule has 0 aliphatic heterocycles. The first kappa shape index (κ1) is 15.4. The van der Waals surface area contributed by atoms with E-state index in [9.17, 15) is 5.11 Å². The summed E-state index contributed by atoms with van der Waals surface area (Å²) in [7, 11) is 0. The fourth-order valence-electron chi connectivity index (χ4n) is 1.41. The van der Waals surface area contributed by atoms with Gasteiger partial charge in [0.2, 0.25) is 0 Å². The molecular weight excluding hydrogens is 222 g/mol. The molecule has 0 aliphatic carbocycles. The fraction of sp³-hybridized carbons (Fsp3) is 0.538. The van der Waals surface area contributed by atoms with Gasteiger partial charge in [-0.3, -0.25) is 0 Å². The van der Waals surface area contributed by atoms with Gasteiger partial charge in [0.05, 0.1) is 6.10 Å². The van der Waals surface area contributed by atoms with Crippen LogP contribution in [0.15, 0.2) is 30.3 Å². The highest BCUT2D eigenvalue weighted by molar-refractivity contribution is 5.85. The monoisotopic (exact) mass is 243 g/mol. The molecule has 0 aliphatic rings. The van der Waals surface area contributed by atoms with Crippen molar-refractivity contribution >= 4 is 12.4 Å². The van der Waals surface area contributed by atoms with E-state index in [1.807, 2.05) is 30.3 Å². The molecule has 0 heterocycles. The SMILES string of the molecule is CC(C)(C)[C@@H](N)C[C@@H](O)c1ccccc1.Cl. The van der Waals surface area contributed by atoms with Crippen molar-refractivity contribution in [2.24, 2.45) is 11.1 Å². The molecule has 1 rings (SSSR count). The van der Waals surface area contributed by atoms with Crippen LogP contribution in [0.4, 0.5) is 0 Å². The molecule has 2 nitrogen and oxygen atoms in total. The maximum absolute atomic E-state index is 9.97. The third-order valence-electron chi connectivity index (χ3n) is 2.77. The number of benzene rings is 1. The first-order chi connectivity index (χ1) is 6.91. The van der Waals surface area contributed by atoms with E-state index in [0.29, 0.717) is 6.42 Å². The summed E-state index contributed by atoms with van der Waals surface area (Å²) in [4.78, 5) is 0. The molecule has 0 saturated heterocycles. The summed E-state index contributed by atoms with van der Waals surface area (Å²) in [5, 5.41) is 9.97. The number of aliphatic hydroxyl groups is 1. The number of aliphatic hydroxyl groups excluding tert-OH is 1. The van der Waals surface area contributed by atoms with Gasteiger partial charge in [0.15, 0.2) is 0 Å². The maximum Gasteiger partial charge on any atom is 0.0805 e. The summed E-state index contributed by atoms with van der Waals surface area (Å²) in [6.45, 7) is 6.28. The molecule has 0 bridgehead atoms. The van der Waals surface area contributed by atoms with E-state index in [4.69, 9.17) is 5.73 Å². The van der Waals surface area contributed by atoms with Crippen LogP contribution in [0, 0.1) is 5.41 Å². The summed E-state index contributed by atoms with van der Waals surface area (Å²) < 4.78 is 0. The van der Waals surface area contributed by atoms with Crippen molar-refractivity contribution in [1.29, 1.82) is 0 Å². The zero-order valence-electron chi connectivity index (χ0n) is 10.2. The molecular formula is C13H22ClNO. The van der Waals surface area contributed by atoms with Gasteiger partial charge in [-0.05, 0) is 17.4 Å². The quantitative estimate of drug-likeness (QED) is 0.858. The first-order valence-corrected chi connectivity index (χ1v) is 5.40. The molecule has 0 fully saturated rings. The van der Waals surface area contributed by atoms with Crippen LogP contribution in [-0.2, 0) is 0 Å². The molecule has 3 heteroatoms. The summed E-state index contributed by atoms with van der Waals surface area (Å²) >= 11 is 0. The van der Waals surface area contributed by atoms with Gasteiger partial charge in [0.25, 0.3) is 0 Å². The molecule has 1 aromatic carbocycles. The van der Waals surface area contributed by atoms with Gasteiger partial charge in [0, 0.05) is 6.04 Å². The summed E-state index contributed by atoms with van der Waals surface area (Å²) in [5.74, 6) is 0. The van der Waals surface area contributed by atoms with Crippen LogP contribution in [0.1, 0.15) is 38.9 Å². The van der Waals surface area contributed by atoms with E-state index in [-0.39, 0.29) is 23.9 Å². The molecule has 0 unspecified atom stereocenters. The van der Waals surface area contributed by atoms with Crippen LogP contribution < -0.4 is 5.73 Å². The summed E-state index contributed by atoms with van der Waals surface area (Å²) in [5.41, 5.74) is 7.01. The summed E-state index contributed by atoms with van der Waals surface area (Å²) in [6, 6.07) is 9.68. The van der Waals surface area contributed by atoms with Crippen molar-refractivity contribution in [1.82, 2.24) is 0 Å². The Morgan fingerprint density at radius 2 is 1.69 bits per heavy atom. The highest BCUT2D eigenvalue weighted by atomic mass is 35.5. The lowest BCUT2D eigenvalue weighted by molar-refractivity contribution is 0.133. The molecule has 16 heavy (non-hydrogen) atoms. The van der Waals surface area contributed by atoms with Crippen LogP contribution >= 0.6 is 12.4 Å². The zero-order chi connectivity index (χ0) is 11.5. The molecule has 0 amide bonds. The number of hydrogen-bond acceptors (Lipinski definition) is 2. The van der Waals surface area contributed by atoms with Crippen LogP contribution in [0.5, 0.6) is 0 Å². The molecule has 0 saturated carbocycles. The molecule has 2 atom stereocenters. The van der Waals surface area contributed by atoms with E-state index in [2.05, 4.69) is 20.8 Å². The van der Waals surface area contributed by atoms with Crippen LogP contribution in [0.3, 0.4) is 0 Å². The van der Waals surface area contributed by atoms with Gasteiger partial charge < -0.3 is 10.8 Å². The van der Waals surface area contributed by atoms with E-state index >= 15 is 0 Å². The normalized spacial score (nSPS) is 15.1. The first-order valence-electron chi connectivity index (χ1n) is 5.40. The lowest BCUT2D eigenvalue weighted by atomic mass is 9.83. The minimum absolute atomic E-state index is 0. The van der Waals surface area contributed by atoms with Crippen molar-refractivity contribution in [2.45, 2.75) is 39.3 Å². The van der Waals surface area contributed by atoms with Gasteiger partial charge in [-0.1, -0.05) is 51.1 Å². The lowest BCUT2D eigenvalue weighted by Crippen LogP contribution is -2.36. The Labute approximate surface area is 104 Å². The minimum Gasteiger partial charge on any atom is -0.388 e. The van der Waals surface area contributed by atoms with E-state index in [0.717, 1.165) is 5.56 Å². The van der Waals surface area contributed by atoms with Crippen molar-refractivity contribution in [3.63, 3.8) is 0 Å². The smallest absolute Gasteiger partial charge is 0.0805 e. The van der Waals surface area contributed by atoms with Gasteiger partial charge in [-0.2, -0.15) is 0 Å². The van der Waals surface area contributed by atoms with E-state index in [1.165, 1.54) is 0 Å². The summed E-state index contributed by atoms with van der Waals surface area (Å²) in [6.07, 6.45) is 0.147. The van der Waals surface area contributed by atoms with Gasteiger partial charge in [0.1, 0.15) is 0 Å². The zero-order valence-corrected chi connectivity index (χ0v) is 11.0. The van der Waals surface area contributed by atoms with Crippen molar-refractivity contribution in [3.8, 4) is 0 Å². The third kappa shape index (κ3) is 4.52. The number of nitrogens with two attached hydrogens (primary N) is 1. The molecule has 0 aromatic heterocycles. The Morgan fingerprint density at radius 1 is 1.19 bits per heavy atom. The number of rotatable bonds is 3. The van der Waals surface area contributed by atoms with Crippen LogP contribution in [0.25, 0.3) is 0 Å². The lowest BCUT2D eigenvalue weighted by Gasteiger charge is -2.28. The Balaban J connectivity index is 0.00000225. The Bertz CT molecular complexity index is 295. The second-order valence-corrected chi connectivity index (χ2v) is 5.13. The predicted octanol–water partition coefficient (Wildman–Crippen LogP) is 2.91. The topological polar surface area (TPSA) is 46.2 Å². The van der Waals surface area contributed by atoms with Crippen LogP contribution in [-0.4, -0.2) is 11.1 Å². The van der Waals surface area contributed by atoms with E-state index in [1.54, 1.807) is 0 Å². The van der Waals surface area contributed by atoms with Gasteiger partial charge in [-0.15, -0.1) is 12.4 Å². The van der Waals surface area contributed by atoms with Gasteiger partial charge >= 0.3 is 0 Å². The predicted molar refractivity (Wildman–Crippen MR) is 70.7 cm³/mol. The van der Waals surface area contributed by atoms with E-state index < -0.39 is 6.10 Å². The maximum atomic E-state index is 9.97. The Kier molecular flexibility index (Phi) is 6.01. The van der Waals surface area contributed by atoms with Crippen molar-refractivity contribution in [3.05, 3.63) is 35.9 Å². The van der Waals surface area contributed by atoms with Crippen LogP contribution in [0.2, 0.25) is 0 Å². The molecule has 1 aromatic rings. The second kappa shape index (κ2) is 6.24. The van der Waals surface area contributed by atoms with Gasteiger partial charge in [-0.25, -0.2) is 0 Å². The second-order valence-electron chi connectivity index (χ2n) is 5.13. The Morgan fingerprint density at radius 3 is 2.12 bits per heavy atom.